The zero-order valence-electron chi connectivity index (χ0n) is 11.7. The molecule has 0 bridgehead atoms. The van der Waals surface area contributed by atoms with Crippen molar-refractivity contribution in [2.75, 3.05) is 0 Å². The number of hydrogen-bond acceptors (Lipinski definition) is 2. The van der Waals surface area contributed by atoms with Crippen molar-refractivity contribution < 1.29 is 9.15 Å². The Hall–Kier alpha value is -1.54. The summed E-state index contributed by atoms with van der Waals surface area (Å²) >= 11 is 0. The summed E-state index contributed by atoms with van der Waals surface area (Å²) < 4.78 is 11.9. The SMILES string of the molecule is CC(C)(C)O[C@@H]1C[C@@H]1c1ccc(-c2ccccc2)o1. The summed E-state index contributed by atoms with van der Waals surface area (Å²) in [7, 11) is 0. The fourth-order valence-corrected chi connectivity index (χ4v) is 2.37. The van der Waals surface area contributed by atoms with Gasteiger partial charge in [0, 0.05) is 11.5 Å². The van der Waals surface area contributed by atoms with Gasteiger partial charge in [0.2, 0.25) is 0 Å². The molecule has 0 amide bonds. The Kier molecular flexibility index (Phi) is 2.98. The highest BCUT2D eigenvalue weighted by atomic mass is 16.5. The predicted molar refractivity (Wildman–Crippen MR) is 76.1 cm³/mol. The van der Waals surface area contributed by atoms with E-state index in [0.29, 0.717) is 12.0 Å². The molecule has 1 heterocycles. The summed E-state index contributed by atoms with van der Waals surface area (Å²) in [6.45, 7) is 6.29. The van der Waals surface area contributed by atoms with Gasteiger partial charge in [0.25, 0.3) is 0 Å². The largest absolute Gasteiger partial charge is 0.461 e. The molecule has 1 aromatic heterocycles. The molecular formula is C17H20O2. The Morgan fingerprint density at radius 2 is 1.79 bits per heavy atom. The highest BCUT2D eigenvalue weighted by Gasteiger charge is 2.44. The molecule has 0 N–H and O–H groups in total. The van der Waals surface area contributed by atoms with Crippen LogP contribution < -0.4 is 0 Å². The van der Waals surface area contributed by atoms with Gasteiger partial charge in [-0.05, 0) is 39.3 Å². The van der Waals surface area contributed by atoms with E-state index in [9.17, 15) is 0 Å². The first-order valence-electron chi connectivity index (χ1n) is 6.86. The van der Waals surface area contributed by atoms with Crippen LogP contribution in [0, 0.1) is 0 Å². The van der Waals surface area contributed by atoms with Gasteiger partial charge >= 0.3 is 0 Å². The summed E-state index contributed by atoms with van der Waals surface area (Å²) in [5.74, 6) is 2.42. The van der Waals surface area contributed by atoms with Crippen molar-refractivity contribution in [3.63, 3.8) is 0 Å². The molecule has 1 aromatic carbocycles. The van der Waals surface area contributed by atoms with Gasteiger partial charge in [-0.1, -0.05) is 30.3 Å². The number of furan rings is 1. The van der Waals surface area contributed by atoms with E-state index >= 15 is 0 Å². The van der Waals surface area contributed by atoms with E-state index < -0.39 is 0 Å². The Labute approximate surface area is 114 Å². The lowest BCUT2D eigenvalue weighted by Crippen LogP contribution is -2.20. The highest BCUT2D eigenvalue weighted by Crippen LogP contribution is 2.46. The summed E-state index contributed by atoms with van der Waals surface area (Å²) in [6, 6.07) is 14.3. The molecule has 0 spiro atoms. The third-order valence-corrected chi connectivity index (χ3v) is 3.29. The highest BCUT2D eigenvalue weighted by molar-refractivity contribution is 5.57. The lowest BCUT2D eigenvalue weighted by Gasteiger charge is -2.19. The van der Waals surface area contributed by atoms with Gasteiger partial charge in [-0.2, -0.15) is 0 Å². The molecule has 100 valence electrons. The second-order valence-corrected chi connectivity index (χ2v) is 6.18. The second kappa shape index (κ2) is 4.53. The Bertz CT molecular complexity index is 548. The van der Waals surface area contributed by atoms with Crippen LogP contribution in [0.25, 0.3) is 11.3 Å². The van der Waals surface area contributed by atoms with Crippen molar-refractivity contribution in [1.29, 1.82) is 0 Å². The first-order chi connectivity index (χ1) is 9.03. The maximum Gasteiger partial charge on any atom is 0.134 e. The van der Waals surface area contributed by atoms with Crippen LogP contribution in [0.3, 0.4) is 0 Å². The maximum absolute atomic E-state index is 5.97. The molecule has 1 saturated carbocycles. The molecule has 0 saturated heterocycles. The lowest BCUT2D eigenvalue weighted by molar-refractivity contribution is -0.0183. The molecule has 2 aromatic rings. The topological polar surface area (TPSA) is 22.4 Å². The molecule has 2 nitrogen and oxygen atoms in total. The number of hydrogen-bond donors (Lipinski definition) is 0. The van der Waals surface area contributed by atoms with Gasteiger partial charge in [-0.3, -0.25) is 0 Å². The average Bonchev–Trinajstić information content (AvgIpc) is 2.92. The summed E-state index contributed by atoms with van der Waals surface area (Å²) in [6.07, 6.45) is 1.38. The van der Waals surface area contributed by atoms with E-state index in [2.05, 4.69) is 45.0 Å². The van der Waals surface area contributed by atoms with Crippen LogP contribution >= 0.6 is 0 Å². The lowest BCUT2D eigenvalue weighted by atomic mass is 10.2. The minimum absolute atomic E-state index is 0.0751. The normalized spacial score (nSPS) is 22.5. The molecule has 0 radical (unpaired) electrons. The third-order valence-electron chi connectivity index (χ3n) is 3.29. The maximum atomic E-state index is 5.97. The van der Waals surface area contributed by atoms with E-state index in [1.54, 1.807) is 0 Å². The zero-order chi connectivity index (χ0) is 13.5. The Morgan fingerprint density at radius 1 is 1.05 bits per heavy atom. The van der Waals surface area contributed by atoms with Gasteiger partial charge in [-0.25, -0.2) is 0 Å². The van der Waals surface area contributed by atoms with Crippen LogP contribution in [0.1, 0.15) is 38.9 Å². The van der Waals surface area contributed by atoms with Crippen molar-refractivity contribution in [3.05, 3.63) is 48.2 Å². The molecule has 1 fully saturated rings. The minimum atomic E-state index is -0.0751. The van der Waals surface area contributed by atoms with Gasteiger partial charge in [0.15, 0.2) is 0 Å². The van der Waals surface area contributed by atoms with E-state index in [-0.39, 0.29) is 5.60 Å². The van der Waals surface area contributed by atoms with Crippen LogP contribution in [-0.2, 0) is 4.74 Å². The minimum Gasteiger partial charge on any atom is -0.461 e. The monoisotopic (exact) mass is 256 g/mol. The summed E-state index contributed by atoms with van der Waals surface area (Å²) in [5.41, 5.74) is 1.05. The Morgan fingerprint density at radius 3 is 2.47 bits per heavy atom. The van der Waals surface area contributed by atoms with Crippen molar-refractivity contribution in [3.8, 4) is 11.3 Å². The van der Waals surface area contributed by atoms with E-state index in [1.807, 2.05) is 18.2 Å². The molecule has 19 heavy (non-hydrogen) atoms. The summed E-state index contributed by atoms with van der Waals surface area (Å²) in [4.78, 5) is 0. The zero-order valence-corrected chi connectivity index (χ0v) is 11.7. The summed E-state index contributed by atoms with van der Waals surface area (Å²) in [5, 5.41) is 0. The molecule has 2 atom stereocenters. The fraction of sp³-hybridized carbons (Fsp3) is 0.412. The van der Waals surface area contributed by atoms with Crippen LogP contribution in [0.5, 0.6) is 0 Å². The number of ether oxygens (including phenoxy) is 1. The van der Waals surface area contributed by atoms with Crippen LogP contribution in [0.15, 0.2) is 46.9 Å². The molecule has 0 unspecified atom stereocenters. The molecule has 0 aliphatic heterocycles. The Balaban J connectivity index is 1.71. The smallest absolute Gasteiger partial charge is 0.134 e. The average molecular weight is 256 g/mol. The molecular weight excluding hydrogens is 236 g/mol. The van der Waals surface area contributed by atoms with E-state index in [1.165, 1.54) is 0 Å². The van der Waals surface area contributed by atoms with E-state index in [0.717, 1.165) is 23.5 Å². The van der Waals surface area contributed by atoms with Gasteiger partial charge in [-0.15, -0.1) is 0 Å². The van der Waals surface area contributed by atoms with Crippen LogP contribution in [-0.4, -0.2) is 11.7 Å². The van der Waals surface area contributed by atoms with Crippen LogP contribution in [0.4, 0.5) is 0 Å². The predicted octanol–water partition coefficient (Wildman–Crippen LogP) is 4.62. The van der Waals surface area contributed by atoms with Crippen molar-refractivity contribution in [2.24, 2.45) is 0 Å². The first-order valence-corrected chi connectivity index (χ1v) is 6.86. The fourth-order valence-electron chi connectivity index (χ4n) is 2.37. The van der Waals surface area contributed by atoms with Gasteiger partial charge < -0.3 is 9.15 Å². The third kappa shape index (κ3) is 2.90. The second-order valence-electron chi connectivity index (χ2n) is 6.18. The van der Waals surface area contributed by atoms with Gasteiger partial charge in [0.1, 0.15) is 11.5 Å². The first kappa shape index (κ1) is 12.5. The molecule has 1 aliphatic rings. The number of rotatable bonds is 3. The van der Waals surface area contributed by atoms with E-state index in [4.69, 9.17) is 9.15 Å². The molecule has 3 rings (SSSR count). The van der Waals surface area contributed by atoms with Crippen molar-refractivity contribution >= 4 is 0 Å². The van der Waals surface area contributed by atoms with Gasteiger partial charge in [0.05, 0.1) is 11.7 Å². The quantitative estimate of drug-likeness (QED) is 0.799. The van der Waals surface area contributed by atoms with Crippen molar-refractivity contribution in [2.45, 2.75) is 44.8 Å². The standard InChI is InChI=1S/C17H20O2/c1-17(2,3)19-16-11-13(16)15-10-9-14(18-15)12-7-5-4-6-8-12/h4-10,13,16H,11H2,1-3H3/t13-,16-/m1/s1. The van der Waals surface area contributed by atoms with Crippen molar-refractivity contribution in [1.82, 2.24) is 0 Å². The molecule has 2 heteroatoms. The van der Waals surface area contributed by atoms with Crippen LogP contribution in [0.2, 0.25) is 0 Å². The molecule has 1 aliphatic carbocycles. The number of benzene rings is 1.